The van der Waals surface area contributed by atoms with Crippen LogP contribution in [0.25, 0.3) is 11.1 Å². The first kappa shape index (κ1) is 23.8. The van der Waals surface area contributed by atoms with E-state index in [2.05, 4.69) is 36.4 Å². The van der Waals surface area contributed by atoms with E-state index < -0.39 is 0 Å². The van der Waals surface area contributed by atoms with Crippen LogP contribution in [0.15, 0.2) is 48.5 Å². The summed E-state index contributed by atoms with van der Waals surface area (Å²) in [6.07, 6.45) is 9.19. The van der Waals surface area contributed by atoms with Crippen LogP contribution in [0.3, 0.4) is 0 Å². The Hall–Kier alpha value is -1.88. The van der Waals surface area contributed by atoms with E-state index in [1.807, 2.05) is 19.1 Å². The number of unbranched alkanes of at least 4 members (excludes halogenated alkanes) is 3. The number of hydrogen-bond donors (Lipinski definition) is 0. The van der Waals surface area contributed by atoms with Crippen LogP contribution in [-0.2, 0) is 20.6 Å². The molecule has 0 aromatic heterocycles. The van der Waals surface area contributed by atoms with Gasteiger partial charge in [-0.1, -0.05) is 49.2 Å². The van der Waals surface area contributed by atoms with Gasteiger partial charge in [-0.25, -0.2) is 0 Å². The fraction of sp³-hybridized carbons (Fsp3) is 0.556. The molecule has 31 heavy (non-hydrogen) atoms. The lowest BCUT2D eigenvalue weighted by molar-refractivity contribution is -0.105. The van der Waals surface area contributed by atoms with E-state index in [1.165, 1.54) is 42.4 Å². The Morgan fingerprint density at radius 1 is 0.774 bits per heavy atom. The minimum Gasteiger partial charge on any atom is -0.465 e. The van der Waals surface area contributed by atoms with Crippen LogP contribution in [0.4, 0.5) is 0 Å². The molecular formula is C27H38O4. The first-order chi connectivity index (χ1) is 15.3. The van der Waals surface area contributed by atoms with Gasteiger partial charge in [0.2, 0.25) is 0 Å². The summed E-state index contributed by atoms with van der Waals surface area (Å²) in [4.78, 5) is 0. The third kappa shape index (κ3) is 9.02. The molecular weight excluding hydrogens is 388 g/mol. The zero-order chi connectivity index (χ0) is 21.6. The highest BCUT2D eigenvalue weighted by molar-refractivity contribution is 5.64. The number of rotatable bonds is 14. The first-order valence-electron chi connectivity index (χ1n) is 12.0. The number of aryl methyl sites for hydroxylation is 1. The molecule has 1 saturated heterocycles. The fourth-order valence-corrected chi connectivity index (χ4v) is 3.80. The second-order valence-electron chi connectivity index (χ2n) is 8.11. The van der Waals surface area contributed by atoms with E-state index in [-0.39, 0.29) is 6.29 Å². The zero-order valence-electron chi connectivity index (χ0n) is 19.0. The number of hydrogen-bond acceptors (Lipinski definition) is 4. The maximum atomic E-state index is 5.93. The van der Waals surface area contributed by atoms with Gasteiger partial charge in [-0.15, -0.1) is 0 Å². The molecule has 1 heterocycles. The van der Waals surface area contributed by atoms with Crippen LogP contribution >= 0.6 is 0 Å². The predicted molar refractivity (Wildman–Crippen MR) is 126 cm³/mol. The van der Waals surface area contributed by atoms with E-state index in [1.54, 1.807) is 0 Å². The Balaban J connectivity index is 1.32. The normalized spacial score (nSPS) is 16.4. The Kier molecular flexibility index (Phi) is 10.9. The maximum Gasteiger partial charge on any atom is 0.199 e. The Bertz CT molecular complexity index is 705. The molecule has 4 nitrogen and oxygen atoms in total. The molecule has 0 radical (unpaired) electrons. The lowest BCUT2D eigenvalue weighted by Gasteiger charge is -2.23. The van der Waals surface area contributed by atoms with Crippen LogP contribution in [-0.4, -0.2) is 39.3 Å². The predicted octanol–water partition coefficient (Wildman–Crippen LogP) is 6.42. The lowest BCUT2D eigenvalue weighted by Crippen LogP contribution is -2.24. The van der Waals surface area contributed by atoms with Gasteiger partial charge in [0.05, 0.1) is 19.8 Å². The van der Waals surface area contributed by atoms with Crippen molar-refractivity contribution in [2.45, 2.75) is 64.6 Å². The summed E-state index contributed by atoms with van der Waals surface area (Å²) >= 11 is 0. The largest absolute Gasteiger partial charge is 0.465 e. The lowest BCUT2D eigenvalue weighted by atomic mass is 10.0. The van der Waals surface area contributed by atoms with Crippen molar-refractivity contribution in [3.05, 3.63) is 54.1 Å². The molecule has 170 valence electrons. The summed E-state index contributed by atoms with van der Waals surface area (Å²) < 4.78 is 22.4. The average molecular weight is 427 g/mol. The summed E-state index contributed by atoms with van der Waals surface area (Å²) in [5.74, 6) is 0.881. The van der Waals surface area contributed by atoms with E-state index in [4.69, 9.17) is 18.9 Å². The quantitative estimate of drug-likeness (QED) is 0.327. The second-order valence-corrected chi connectivity index (χ2v) is 8.11. The van der Waals surface area contributed by atoms with Gasteiger partial charge in [0.15, 0.2) is 6.29 Å². The molecule has 2 aromatic rings. The van der Waals surface area contributed by atoms with Gasteiger partial charge >= 0.3 is 0 Å². The molecule has 0 aliphatic carbocycles. The highest BCUT2D eigenvalue weighted by atomic mass is 16.7. The smallest absolute Gasteiger partial charge is 0.199 e. The van der Waals surface area contributed by atoms with Crippen molar-refractivity contribution in [3.8, 4) is 16.9 Å². The van der Waals surface area contributed by atoms with Crippen LogP contribution in [0.2, 0.25) is 0 Å². The summed E-state index contributed by atoms with van der Waals surface area (Å²) in [5.41, 5.74) is 3.87. The van der Waals surface area contributed by atoms with Gasteiger partial charge in [0.1, 0.15) is 5.75 Å². The van der Waals surface area contributed by atoms with Gasteiger partial charge in [0.25, 0.3) is 0 Å². The standard InChI is InChI=1S/C27H38O4/c1-2-28-21-22-29-19-7-4-3-5-9-23-11-13-24(14-12-23)25-15-17-26(18-16-25)31-27-10-6-8-20-30-27/h11-18,27H,2-10,19-22H2,1H3. The number of benzene rings is 2. The summed E-state index contributed by atoms with van der Waals surface area (Å²) in [7, 11) is 0. The average Bonchev–Trinajstić information content (AvgIpc) is 2.82. The van der Waals surface area contributed by atoms with Gasteiger partial charge in [-0.05, 0) is 67.9 Å². The molecule has 1 atom stereocenters. The van der Waals surface area contributed by atoms with Crippen molar-refractivity contribution in [3.63, 3.8) is 0 Å². The van der Waals surface area contributed by atoms with E-state index in [9.17, 15) is 0 Å². The molecule has 1 fully saturated rings. The first-order valence-corrected chi connectivity index (χ1v) is 12.0. The van der Waals surface area contributed by atoms with Crippen molar-refractivity contribution in [1.29, 1.82) is 0 Å². The van der Waals surface area contributed by atoms with Crippen molar-refractivity contribution in [2.75, 3.05) is 33.0 Å². The second kappa shape index (κ2) is 14.2. The molecule has 1 aliphatic rings. The molecule has 4 heteroatoms. The van der Waals surface area contributed by atoms with Crippen LogP contribution < -0.4 is 4.74 Å². The van der Waals surface area contributed by atoms with E-state index >= 15 is 0 Å². The van der Waals surface area contributed by atoms with Gasteiger partial charge in [0, 0.05) is 19.6 Å². The summed E-state index contributed by atoms with van der Waals surface area (Å²) in [6.45, 7) is 5.85. The zero-order valence-corrected chi connectivity index (χ0v) is 19.0. The van der Waals surface area contributed by atoms with Crippen LogP contribution in [0.1, 0.15) is 57.4 Å². The third-order valence-corrected chi connectivity index (χ3v) is 5.63. The number of ether oxygens (including phenoxy) is 4. The van der Waals surface area contributed by atoms with E-state index in [0.717, 1.165) is 51.3 Å². The molecule has 3 rings (SSSR count). The Morgan fingerprint density at radius 2 is 1.48 bits per heavy atom. The van der Waals surface area contributed by atoms with Crippen molar-refractivity contribution >= 4 is 0 Å². The minimum absolute atomic E-state index is 0.0909. The van der Waals surface area contributed by atoms with Gasteiger partial charge in [-0.3, -0.25) is 0 Å². The molecule has 2 aromatic carbocycles. The molecule has 1 unspecified atom stereocenters. The van der Waals surface area contributed by atoms with Crippen molar-refractivity contribution < 1.29 is 18.9 Å². The Morgan fingerprint density at radius 3 is 2.19 bits per heavy atom. The molecule has 0 bridgehead atoms. The molecule has 1 aliphatic heterocycles. The topological polar surface area (TPSA) is 36.9 Å². The molecule has 0 amide bonds. The van der Waals surface area contributed by atoms with Crippen molar-refractivity contribution in [2.24, 2.45) is 0 Å². The SMILES string of the molecule is CCOCCOCCCCCCc1ccc(-c2ccc(OC3CCCCO3)cc2)cc1. The minimum atomic E-state index is -0.0909. The monoisotopic (exact) mass is 426 g/mol. The molecule has 0 N–H and O–H groups in total. The van der Waals surface area contributed by atoms with Crippen molar-refractivity contribution in [1.82, 2.24) is 0 Å². The van der Waals surface area contributed by atoms with Crippen LogP contribution in [0.5, 0.6) is 5.75 Å². The molecule has 0 spiro atoms. The fourth-order valence-electron chi connectivity index (χ4n) is 3.80. The summed E-state index contributed by atoms with van der Waals surface area (Å²) in [6, 6.07) is 17.3. The summed E-state index contributed by atoms with van der Waals surface area (Å²) in [5, 5.41) is 0. The maximum absolute atomic E-state index is 5.93. The van der Waals surface area contributed by atoms with Gasteiger partial charge < -0.3 is 18.9 Å². The highest BCUT2D eigenvalue weighted by Crippen LogP contribution is 2.25. The van der Waals surface area contributed by atoms with Crippen LogP contribution in [0, 0.1) is 0 Å². The van der Waals surface area contributed by atoms with Gasteiger partial charge in [-0.2, -0.15) is 0 Å². The highest BCUT2D eigenvalue weighted by Gasteiger charge is 2.15. The Labute approximate surface area is 187 Å². The van der Waals surface area contributed by atoms with E-state index in [0.29, 0.717) is 13.2 Å². The third-order valence-electron chi connectivity index (χ3n) is 5.63. The molecule has 0 saturated carbocycles.